The largest absolute Gasteiger partial charge is 0.481 e. The van der Waals surface area contributed by atoms with Gasteiger partial charge in [-0.15, -0.1) is 0 Å². The first-order valence-corrected chi connectivity index (χ1v) is 48.0. The molecule has 0 radical (unpaired) electrons. The molecule has 30 heterocycles. The van der Waals surface area contributed by atoms with Gasteiger partial charge in [0.05, 0.1) is 80.9 Å². The van der Waals surface area contributed by atoms with Crippen molar-refractivity contribution in [1.29, 1.82) is 0 Å². The second-order valence-electron chi connectivity index (χ2n) is 29.1. The van der Waals surface area contributed by atoms with Crippen LogP contribution in [0.25, 0.3) is 0 Å². The topological polar surface area (TPSA) is 658 Å². The van der Waals surface area contributed by atoms with Crippen molar-refractivity contribution in [2.24, 2.45) is 0 Å². The minimum absolute atomic E-state index is 0.0165. The smallest absolute Gasteiger partial charge is 0.304 e. The lowest BCUT2D eigenvalue weighted by Crippen LogP contribution is -2.69. The minimum Gasteiger partial charge on any atom is -0.481 e. The van der Waals surface area contributed by atoms with E-state index in [9.17, 15) is 131 Å². The van der Waals surface area contributed by atoms with E-state index in [-0.39, 0.29) is 87.6 Å². The summed E-state index contributed by atoms with van der Waals surface area (Å²) >= 11 is 8.48. The third-order valence-corrected chi connectivity index (χ3v) is 28.8. The van der Waals surface area contributed by atoms with Gasteiger partial charge in [0.15, 0.2) is 50.3 Å². The summed E-state index contributed by atoms with van der Waals surface area (Å²) in [6.07, 6.45) is -78.1. The molecule has 40 unspecified atom stereocenters. The average molecular weight is 1870 g/mol. The fourth-order valence-corrected chi connectivity index (χ4v) is 21.4. The Morgan fingerprint density at radius 2 is 0.311 bits per heavy atom. The summed E-state index contributed by atoms with van der Waals surface area (Å²) in [6, 6.07) is 0. The van der Waals surface area contributed by atoms with Crippen molar-refractivity contribution < 1.29 is 207 Å². The highest BCUT2D eigenvalue weighted by Crippen LogP contribution is 2.43. The summed E-state index contributed by atoms with van der Waals surface area (Å²) in [7, 11) is 0. The number of hydrogen-bond acceptors (Lipinski definition) is 45. The molecule has 0 aromatic carbocycles. The lowest BCUT2D eigenvalue weighted by molar-refractivity contribution is -0.396. The lowest BCUT2D eigenvalue weighted by atomic mass is 9.95. The fraction of sp³-hybridized carbons (Fsp3) is 0.928. The van der Waals surface area contributed by atoms with Crippen LogP contribution in [0.15, 0.2) is 0 Å². The molecule has 30 aliphatic heterocycles. The third kappa shape index (κ3) is 27.3. The fourth-order valence-electron chi connectivity index (χ4n) is 14.3. The van der Waals surface area contributed by atoms with E-state index in [2.05, 4.69) is 0 Å². The van der Waals surface area contributed by atoms with Gasteiger partial charge in [0.25, 0.3) is 0 Å². The number of hydrogen-bond donors (Lipinski definition) is 21. The van der Waals surface area contributed by atoms with E-state index in [0.717, 1.165) is 58.8 Å². The predicted octanol–water partition coefficient (Wildman–Crippen LogP) is -6.05. The van der Waals surface area contributed by atoms with Crippen LogP contribution >= 0.6 is 94.1 Å². The molecule has 30 rings (SSSR count). The van der Waals surface area contributed by atoms with Gasteiger partial charge in [-0.25, -0.2) is 0 Å². The summed E-state index contributed by atoms with van der Waals surface area (Å²) < 4.78 is 101. The molecule has 30 fully saturated rings. The van der Waals surface area contributed by atoms with E-state index < -0.39 is 295 Å². The van der Waals surface area contributed by atoms with Gasteiger partial charge in [0, 0.05) is 74.8 Å². The number of aliphatic hydroxyl groups is 16. The van der Waals surface area contributed by atoms with Crippen molar-refractivity contribution >= 4 is 124 Å². The van der Waals surface area contributed by atoms with E-state index in [0.29, 0.717) is 17.3 Å². The maximum atomic E-state index is 12.3. The Kier molecular flexibility index (Phi) is 41.9. The van der Waals surface area contributed by atoms with Gasteiger partial charge in [0.2, 0.25) is 0 Å². The summed E-state index contributed by atoms with van der Waals surface area (Å²) in [6.45, 7) is 5.37. The zero-order chi connectivity index (χ0) is 86.8. The van der Waals surface area contributed by atoms with Gasteiger partial charge in [-0.05, 0) is 17.3 Å². The molecule has 50 heteroatoms. The molecule has 0 aromatic heterocycles. The van der Waals surface area contributed by atoms with Crippen molar-refractivity contribution in [3.63, 3.8) is 0 Å². The molecule has 119 heavy (non-hydrogen) atoms. The van der Waals surface area contributed by atoms with Crippen LogP contribution in [0.1, 0.15) is 52.9 Å². The van der Waals surface area contributed by atoms with Gasteiger partial charge in [-0.1, -0.05) is 20.8 Å². The first-order chi connectivity index (χ1) is 56.7. The van der Waals surface area contributed by atoms with Gasteiger partial charge >= 0.3 is 29.8 Å². The second kappa shape index (κ2) is 49.0. The van der Waals surface area contributed by atoms with E-state index >= 15 is 0 Å². The van der Waals surface area contributed by atoms with Gasteiger partial charge in [-0.3, -0.25) is 24.0 Å². The van der Waals surface area contributed by atoms with Crippen LogP contribution in [0, 0.1) is 0 Å². The van der Waals surface area contributed by atoms with Gasteiger partial charge in [-0.2, -0.15) is 94.1 Å². The number of carboxylic acid groups (broad SMARTS) is 5. The molecule has 16 bridgehead atoms. The van der Waals surface area contributed by atoms with E-state index in [4.69, 9.17) is 75.8 Å². The van der Waals surface area contributed by atoms with Gasteiger partial charge < -0.3 is 183 Å². The zero-order valence-electron chi connectivity index (χ0n) is 64.7. The summed E-state index contributed by atoms with van der Waals surface area (Å²) in [5, 5.41) is 242. The van der Waals surface area contributed by atoms with E-state index in [1.165, 1.54) is 35.3 Å². The Bertz CT molecular complexity index is 3050. The first-order valence-electron chi connectivity index (χ1n) is 38.8. The summed E-state index contributed by atoms with van der Waals surface area (Å²) in [5.74, 6) is -6.88. The molecular formula is C69H112O42S8. The van der Waals surface area contributed by atoms with Crippen LogP contribution in [0.3, 0.4) is 0 Å². The second-order valence-corrected chi connectivity index (χ2v) is 38.8. The maximum absolute atomic E-state index is 12.3. The molecule has 42 nitrogen and oxygen atoms in total. The van der Waals surface area contributed by atoms with Crippen molar-refractivity contribution in [1.82, 2.24) is 0 Å². The normalized spacial score (nSPS) is 43.9. The highest BCUT2D eigenvalue weighted by Gasteiger charge is 2.61. The zero-order valence-corrected chi connectivity index (χ0v) is 71.2. The van der Waals surface area contributed by atoms with Crippen LogP contribution in [0.5, 0.6) is 0 Å². The monoisotopic (exact) mass is 1870 g/mol. The Morgan fingerprint density at radius 3 is 0.420 bits per heavy atom. The molecule has 30 aliphatic rings. The Labute approximate surface area is 717 Å². The standard InChI is InChI=1S/C69H112O42S8/c1-4-112-17-25-54-38(80)46(88)62(96-25)105-55-26(18-113-5-2)98-64(48(90)40(55)82)107-57-28(20-115-12-7-33(70)71)100-66(50(92)42(57)84)109-59-30(22-117-14-9-35(74)75)102-68(52(94)44(59)86)111-61-32(24-119-16-11-37(78)79)103-69(53(95)45(61)87)110-60-31(23-118-15-10-36(76)77)101-67(51(93)43(60)85)108-58-29(21-116-13-8-34(72)73)99-65(49(91)41(58)83)106-56-27(19-114-6-3)97-63(104-54)47(89)39(56)81/h25-32,38-69,80-95H,4-24H2,1-3H3,(H,70,71)(H,72,73)(H,74,75)(H,76,77)(H,78,79). The molecule has 30 saturated heterocycles. The summed E-state index contributed by atoms with van der Waals surface area (Å²) in [5.41, 5.74) is 0. The highest BCUT2D eigenvalue weighted by atomic mass is 32.2. The Hall–Kier alpha value is -1.13. The van der Waals surface area contributed by atoms with Crippen molar-refractivity contribution in [2.75, 3.05) is 92.0 Å². The molecule has 0 spiro atoms. The van der Waals surface area contributed by atoms with Crippen LogP contribution in [0.4, 0.5) is 0 Å². The van der Waals surface area contributed by atoms with Crippen LogP contribution < -0.4 is 0 Å². The van der Waals surface area contributed by atoms with Crippen LogP contribution in [-0.4, -0.2) is 475 Å². The Morgan fingerprint density at radius 1 is 0.193 bits per heavy atom. The molecule has 0 aliphatic carbocycles. The number of rotatable bonds is 34. The van der Waals surface area contributed by atoms with E-state index in [1.54, 1.807) is 20.8 Å². The highest BCUT2D eigenvalue weighted by molar-refractivity contribution is 8.00. The Balaban J connectivity index is 1.09. The number of carbonyl (C=O) groups is 5. The predicted molar refractivity (Wildman–Crippen MR) is 421 cm³/mol. The quantitative estimate of drug-likeness (QED) is 0.0267. The number of aliphatic carboxylic acids is 5. The SMILES string of the molecule is CCSCC1OC2OC3C(CSCC)OC(OC4C(CSCCC(=O)O)OC(OC5C(CSCCC(=O)O)OC(OC6C(CSCCC(=O)O)OC(OC7C(CSCCC(=O)O)OC(OC8C(CSCCC(=O)O)OC(OC9C(CSCC)OC(OC1C(O)C2O)C(O)C9O)C(O)C8O)C(O)C7O)C(O)C6O)C(O)C5O)C(O)C4O)C(O)C3O. The maximum Gasteiger partial charge on any atom is 0.304 e. The molecule has 0 aromatic rings. The molecule has 21 N–H and O–H groups in total. The lowest BCUT2D eigenvalue weighted by Gasteiger charge is -2.51. The average Bonchev–Trinajstić information content (AvgIpc) is 0.770. The molecule has 688 valence electrons. The number of carboxylic acids is 5. The molecule has 40 atom stereocenters. The van der Waals surface area contributed by atoms with E-state index in [1.807, 2.05) is 0 Å². The van der Waals surface area contributed by atoms with Crippen molar-refractivity contribution in [3.05, 3.63) is 0 Å². The number of ether oxygens (including phenoxy) is 16. The van der Waals surface area contributed by atoms with Crippen molar-refractivity contribution in [2.45, 2.75) is 299 Å². The number of thioether (sulfide) groups is 8. The molecule has 0 saturated carbocycles. The summed E-state index contributed by atoms with van der Waals surface area (Å²) in [4.78, 5) is 58.8. The molecule has 0 amide bonds. The first kappa shape index (κ1) is 102. The van der Waals surface area contributed by atoms with Gasteiger partial charge in [0.1, 0.15) is 146 Å². The van der Waals surface area contributed by atoms with Crippen LogP contribution in [-0.2, 0) is 99.8 Å². The minimum atomic E-state index is -2.27. The third-order valence-electron chi connectivity index (χ3n) is 20.6. The van der Waals surface area contributed by atoms with Crippen molar-refractivity contribution in [3.8, 4) is 0 Å². The molecular weight excluding hydrogens is 1760 g/mol. The van der Waals surface area contributed by atoms with Crippen LogP contribution in [0.2, 0.25) is 0 Å². The number of aliphatic hydroxyl groups excluding tert-OH is 16.